The van der Waals surface area contributed by atoms with Crippen molar-refractivity contribution >= 4 is 33.5 Å². The van der Waals surface area contributed by atoms with Gasteiger partial charge in [0.1, 0.15) is 28.5 Å². The molecular weight excluding hydrogens is 446 g/mol. The van der Waals surface area contributed by atoms with Gasteiger partial charge in [-0.1, -0.05) is 42.8 Å². The molecule has 2 aromatic carbocycles. The van der Waals surface area contributed by atoms with Crippen molar-refractivity contribution in [2.45, 2.75) is 33.4 Å². The topological polar surface area (TPSA) is 94.4 Å². The highest BCUT2D eigenvalue weighted by molar-refractivity contribution is 7.13. The van der Waals surface area contributed by atoms with E-state index in [-0.39, 0.29) is 0 Å². The number of nitrogens with one attached hydrogen (secondary N) is 1. The summed E-state index contributed by atoms with van der Waals surface area (Å²) in [5, 5.41) is 14.6. The first-order valence-corrected chi connectivity index (χ1v) is 11.3. The zero-order valence-corrected chi connectivity index (χ0v) is 19.1. The molecule has 32 heavy (non-hydrogen) atoms. The van der Waals surface area contributed by atoms with Gasteiger partial charge in [-0.25, -0.2) is 4.98 Å². The van der Waals surface area contributed by atoms with E-state index in [1.54, 1.807) is 0 Å². The fourth-order valence-electron chi connectivity index (χ4n) is 3.57. The number of aromatic nitrogens is 7. The molecule has 1 N–H and O–H groups in total. The Labute approximate surface area is 193 Å². The van der Waals surface area contributed by atoms with Crippen LogP contribution in [0, 0.1) is 6.92 Å². The molecule has 0 aliphatic rings. The van der Waals surface area contributed by atoms with Crippen LogP contribution in [-0.2, 0) is 19.6 Å². The summed E-state index contributed by atoms with van der Waals surface area (Å²) in [5.41, 5.74) is 4.74. The number of ether oxygens (including phenoxy) is 1. The molecular formula is C22H20ClN7OS. The second-order valence-corrected chi connectivity index (χ2v) is 8.47. The Morgan fingerprint density at radius 1 is 1.16 bits per heavy atom. The van der Waals surface area contributed by atoms with Gasteiger partial charge in [-0.05, 0) is 47.4 Å². The largest absolute Gasteiger partial charge is 0.489 e. The van der Waals surface area contributed by atoms with Crippen LogP contribution in [-0.4, -0.2) is 34.5 Å². The van der Waals surface area contributed by atoms with Crippen molar-refractivity contribution in [3.8, 4) is 17.1 Å². The normalized spacial score (nSPS) is 11.3. The maximum Gasteiger partial charge on any atom is 0.206 e. The van der Waals surface area contributed by atoms with Crippen LogP contribution in [0.25, 0.3) is 21.7 Å². The number of benzene rings is 2. The van der Waals surface area contributed by atoms with Gasteiger partial charge in [0, 0.05) is 17.5 Å². The predicted molar refractivity (Wildman–Crippen MR) is 124 cm³/mol. The van der Waals surface area contributed by atoms with E-state index in [9.17, 15) is 0 Å². The number of tetrazole rings is 1. The average Bonchev–Trinajstić information content (AvgIpc) is 3.54. The molecule has 0 saturated carbocycles. The molecule has 0 radical (unpaired) electrons. The smallest absolute Gasteiger partial charge is 0.206 e. The number of hydrogen-bond acceptors (Lipinski definition) is 7. The minimum absolute atomic E-state index is 0.339. The Balaban J connectivity index is 1.30. The van der Waals surface area contributed by atoms with Crippen LogP contribution in [0.4, 0.5) is 0 Å². The summed E-state index contributed by atoms with van der Waals surface area (Å²) in [5.74, 6) is 2.31. The van der Waals surface area contributed by atoms with Gasteiger partial charge in [0.05, 0.1) is 17.3 Å². The maximum absolute atomic E-state index is 6.53. The van der Waals surface area contributed by atoms with Crippen molar-refractivity contribution in [1.82, 2.24) is 34.5 Å². The summed E-state index contributed by atoms with van der Waals surface area (Å²) >= 11 is 8.04. The minimum Gasteiger partial charge on any atom is -0.489 e. The van der Waals surface area contributed by atoms with Crippen molar-refractivity contribution in [3.63, 3.8) is 0 Å². The van der Waals surface area contributed by atoms with E-state index in [1.165, 1.54) is 17.1 Å². The number of aromatic amines is 1. The first-order valence-electron chi connectivity index (χ1n) is 10.2. The van der Waals surface area contributed by atoms with Crippen molar-refractivity contribution in [1.29, 1.82) is 0 Å². The Bertz CT molecular complexity index is 1360. The molecule has 8 nitrogen and oxygen atoms in total. The first-order chi connectivity index (χ1) is 15.6. The Morgan fingerprint density at radius 2 is 2.00 bits per heavy atom. The fraction of sp³-hybridized carbons (Fsp3) is 0.227. The van der Waals surface area contributed by atoms with Crippen LogP contribution >= 0.6 is 23.1 Å². The highest BCUT2D eigenvalue weighted by Crippen LogP contribution is 2.29. The number of nitrogens with zero attached hydrogens (tertiary/aromatic N) is 6. The summed E-state index contributed by atoms with van der Waals surface area (Å²) in [6.07, 6.45) is 0.881. The molecule has 3 heterocycles. The van der Waals surface area contributed by atoms with Crippen molar-refractivity contribution in [3.05, 3.63) is 70.1 Å². The van der Waals surface area contributed by atoms with Gasteiger partial charge in [-0.15, -0.1) is 10.2 Å². The van der Waals surface area contributed by atoms with Crippen LogP contribution in [0.1, 0.15) is 29.6 Å². The summed E-state index contributed by atoms with van der Waals surface area (Å²) in [6.45, 7) is 5.22. The average molecular weight is 466 g/mol. The van der Waals surface area contributed by atoms with Crippen molar-refractivity contribution in [2.75, 3.05) is 0 Å². The van der Waals surface area contributed by atoms with Gasteiger partial charge in [-0.2, -0.15) is 9.59 Å². The third-order valence-corrected chi connectivity index (χ3v) is 6.65. The standard InChI is InChI=1S/C22H20ClN7OS/c1-3-18-24-20-13(2)27-32-22(20)30(18)11-14-7-9-16(10-8-14)31-12-15-5-4-6-17(19(15)23)21-25-28-29-26-21/h4-10H,3,11-12H2,1-2H3,(H,25,26,28,29). The minimum atomic E-state index is 0.339. The number of halogens is 1. The second kappa shape index (κ2) is 8.68. The molecule has 162 valence electrons. The van der Waals surface area contributed by atoms with Crippen molar-refractivity contribution < 1.29 is 4.74 Å². The molecule has 0 aliphatic carbocycles. The molecule has 0 atom stereocenters. The molecule has 5 aromatic rings. The van der Waals surface area contributed by atoms with Gasteiger partial charge in [0.25, 0.3) is 0 Å². The lowest BCUT2D eigenvalue weighted by molar-refractivity contribution is 0.306. The van der Waals surface area contributed by atoms with E-state index < -0.39 is 0 Å². The van der Waals surface area contributed by atoms with Crippen molar-refractivity contribution in [2.24, 2.45) is 0 Å². The van der Waals surface area contributed by atoms with E-state index in [1.807, 2.05) is 37.3 Å². The molecule has 3 aromatic heterocycles. The fourth-order valence-corrected chi connectivity index (χ4v) is 4.70. The van der Waals surface area contributed by atoms with E-state index in [0.29, 0.717) is 23.0 Å². The van der Waals surface area contributed by atoms with E-state index in [2.05, 4.69) is 48.6 Å². The Morgan fingerprint density at radius 3 is 2.75 bits per heavy atom. The first kappa shape index (κ1) is 20.6. The molecule has 0 unspecified atom stereocenters. The number of aryl methyl sites for hydroxylation is 2. The Kier molecular flexibility index (Phi) is 5.59. The zero-order valence-electron chi connectivity index (χ0n) is 17.5. The van der Waals surface area contributed by atoms with Gasteiger partial charge in [-0.3, -0.25) is 0 Å². The lowest BCUT2D eigenvalue weighted by Gasteiger charge is -2.11. The quantitative estimate of drug-likeness (QED) is 0.370. The van der Waals surface area contributed by atoms with Crippen LogP contribution in [0.15, 0.2) is 42.5 Å². The van der Waals surface area contributed by atoms with Crippen LogP contribution < -0.4 is 4.74 Å². The molecule has 5 rings (SSSR count). The van der Waals surface area contributed by atoms with Gasteiger partial charge >= 0.3 is 0 Å². The molecule has 0 spiro atoms. The number of rotatable bonds is 7. The summed E-state index contributed by atoms with van der Waals surface area (Å²) in [6, 6.07) is 13.8. The molecule has 0 bridgehead atoms. The molecule has 10 heteroatoms. The summed E-state index contributed by atoms with van der Waals surface area (Å²) in [7, 11) is 0. The van der Waals surface area contributed by atoms with Gasteiger partial charge in [0.15, 0.2) is 0 Å². The molecule has 0 fully saturated rings. The van der Waals surface area contributed by atoms with Crippen LogP contribution in [0.2, 0.25) is 5.02 Å². The maximum atomic E-state index is 6.53. The summed E-state index contributed by atoms with van der Waals surface area (Å²) < 4.78 is 12.7. The number of hydrogen-bond donors (Lipinski definition) is 1. The third-order valence-electron chi connectivity index (χ3n) is 5.25. The molecule has 0 amide bonds. The van der Waals surface area contributed by atoms with E-state index >= 15 is 0 Å². The molecule has 0 aliphatic heterocycles. The predicted octanol–water partition coefficient (Wildman–Crippen LogP) is 4.82. The van der Waals surface area contributed by atoms with Crippen LogP contribution in [0.5, 0.6) is 5.75 Å². The molecule has 0 saturated heterocycles. The monoisotopic (exact) mass is 465 g/mol. The number of fused-ring (bicyclic) bond motifs is 1. The third kappa shape index (κ3) is 3.85. The van der Waals surface area contributed by atoms with Gasteiger partial charge in [0.2, 0.25) is 5.82 Å². The van der Waals surface area contributed by atoms with Crippen LogP contribution in [0.3, 0.4) is 0 Å². The second-order valence-electron chi connectivity index (χ2n) is 7.34. The lowest BCUT2D eigenvalue weighted by atomic mass is 10.1. The highest BCUT2D eigenvalue weighted by atomic mass is 35.5. The zero-order chi connectivity index (χ0) is 22.1. The number of H-pyrrole nitrogens is 1. The SMILES string of the molecule is CCc1nc2c(C)nsc2n1Cc1ccc(OCc2cccc(-c3nn[nH]n3)c2Cl)cc1. The highest BCUT2D eigenvalue weighted by Gasteiger charge is 2.15. The number of imidazole rings is 1. The summed E-state index contributed by atoms with van der Waals surface area (Å²) in [4.78, 5) is 5.88. The van der Waals surface area contributed by atoms with E-state index in [0.717, 1.165) is 46.1 Å². The lowest BCUT2D eigenvalue weighted by Crippen LogP contribution is -2.04. The van der Waals surface area contributed by atoms with E-state index in [4.69, 9.17) is 21.3 Å². The Hall–Kier alpha value is -3.30. The van der Waals surface area contributed by atoms with Gasteiger partial charge < -0.3 is 9.30 Å².